The molecule has 2 aliphatic heterocycles. The van der Waals surface area contributed by atoms with Crippen molar-refractivity contribution in [3.05, 3.63) is 107 Å². The third kappa shape index (κ3) is 7.48. The number of benzene rings is 3. The summed E-state index contributed by atoms with van der Waals surface area (Å²) in [6.07, 6.45) is 4.40. The van der Waals surface area contributed by atoms with E-state index in [-0.39, 0.29) is 29.7 Å². The molecule has 284 valence electrons. The molecule has 0 spiro atoms. The number of fused-ring (bicyclic) bond motifs is 1. The predicted octanol–water partition coefficient (Wildman–Crippen LogP) is 6.59. The van der Waals surface area contributed by atoms with Gasteiger partial charge in [-0.3, -0.25) is 4.79 Å². The highest BCUT2D eigenvalue weighted by molar-refractivity contribution is 7.90. The van der Waals surface area contributed by atoms with E-state index in [4.69, 9.17) is 18.9 Å². The zero-order valence-electron chi connectivity index (χ0n) is 31.1. The molecule has 13 heteroatoms. The molecule has 0 saturated carbocycles. The molecule has 2 saturated heterocycles. The minimum atomic E-state index is -4.11. The van der Waals surface area contributed by atoms with Crippen molar-refractivity contribution in [1.82, 2.24) is 13.4 Å². The molecular formula is C41H45N3O9S. The lowest BCUT2D eigenvalue weighted by atomic mass is 9.89. The van der Waals surface area contributed by atoms with Crippen LogP contribution >= 0.6 is 0 Å². The van der Waals surface area contributed by atoms with Gasteiger partial charge in [0.2, 0.25) is 0 Å². The molecule has 0 atom stereocenters. The van der Waals surface area contributed by atoms with E-state index in [0.717, 1.165) is 22.4 Å². The monoisotopic (exact) mass is 755 g/mol. The van der Waals surface area contributed by atoms with Crippen LogP contribution in [0.1, 0.15) is 44.7 Å². The molecule has 1 N–H and O–H groups in total. The molecule has 7 rings (SSSR count). The van der Waals surface area contributed by atoms with Crippen molar-refractivity contribution < 1.29 is 37.3 Å². The molecule has 0 unspecified atom stereocenters. The number of rotatable bonds is 9. The highest BCUT2D eigenvalue weighted by Gasteiger charge is 2.38. The summed E-state index contributed by atoms with van der Waals surface area (Å²) in [6.45, 7) is 9.47. The van der Waals surface area contributed by atoms with Gasteiger partial charge in [-0.15, -0.1) is 0 Å². The number of likely N-dealkylation sites (tertiary alicyclic amines) is 1. The van der Waals surface area contributed by atoms with Gasteiger partial charge in [-0.05, 0) is 107 Å². The Morgan fingerprint density at radius 3 is 2.24 bits per heavy atom. The van der Waals surface area contributed by atoms with Crippen LogP contribution in [-0.2, 0) is 32.1 Å². The van der Waals surface area contributed by atoms with Gasteiger partial charge in [-0.1, -0.05) is 23.8 Å². The molecule has 5 aromatic rings. The van der Waals surface area contributed by atoms with E-state index in [1.165, 1.54) is 22.9 Å². The first-order valence-electron chi connectivity index (χ1n) is 18.0. The number of amides is 1. The number of hydrogen-bond donors (Lipinski definition) is 1. The van der Waals surface area contributed by atoms with Crippen LogP contribution in [0, 0.1) is 12.8 Å². The van der Waals surface area contributed by atoms with Crippen LogP contribution in [-0.4, -0.2) is 71.6 Å². The lowest BCUT2D eigenvalue weighted by Crippen LogP contribution is -2.46. The summed E-state index contributed by atoms with van der Waals surface area (Å²) < 4.78 is 53.4. The maximum Gasteiger partial charge on any atom is 0.410 e. The topological polar surface area (TPSA) is 139 Å². The number of nitrogens with zero attached hydrogens (tertiary/aromatic N) is 3. The molecule has 4 heterocycles. The van der Waals surface area contributed by atoms with Gasteiger partial charge in [0, 0.05) is 49.0 Å². The number of pyridine rings is 1. The van der Waals surface area contributed by atoms with Gasteiger partial charge >= 0.3 is 6.09 Å². The van der Waals surface area contributed by atoms with Crippen LogP contribution in [0.5, 0.6) is 17.2 Å². The summed E-state index contributed by atoms with van der Waals surface area (Å²) >= 11 is 0. The van der Waals surface area contributed by atoms with Crippen LogP contribution in [0.15, 0.2) is 94.9 Å². The SMILES string of the molecule is Cc1ccc(S(=O)(=O)n2ccc3c(-c4cc(C5(O)COC5)ccc4Oc4ccc(OCC5CCN(C(=O)OC(C)(C)C)CC5)cc4)cn(C)c(=O)c32)cc1. The van der Waals surface area contributed by atoms with Crippen molar-refractivity contribution in [2.45, 2.75) is 56.6 Å². The largest absolute Gasteiger partial charge is 0.493 e. The van der Waals surface area contributed by atoms with Gasteiger partial charge < -0.3 is 33.5 Å². The molecular weight excluding hydrogens is 711 g/mol. The van der Waals surface area contributed by atoms with Gasteiger partial charge in [0.05, 0.1) is 24.7 Å². The lowest BCUT2D eigenvalue weighted by Gasteiger charge is -2.37. The van der Waals surface area contributed by atoms with E-state index in [0.29, 0.717) is 64.9 Å². The molecule has 12 nitrogen and oxygen atoms in total. The number of aromatic nitrogens is 2. The Bertz CT molecular complexity index is 2350. The van der Waals surface area contributed by atoms with Gasteiger partial charge in [0.15, 0.2) is 0 Å². The summed E-state index contributed by atoms with van der Waals surface area (Å²) in [4.78, 5) is 27.9. The first-order chi connectivity index (χ1) is 25.6. The molecule has 2 fully saturated rings. The van der Waals surface area contributed by atoms with Crippen molar-refractivity contribution in [3.63, 3.8) is 0 Å². The zero-order chi connectivity index (χ0) is 38.4. The van der Waals surface area contributed by atoms with Crippen molar-refractivity contribution in [1.29, 1.82) is 0 Å². The Morgan fingerprint density at radius 2 is 1.61 bits per heavy atom. The second kappa shape index (κ2) is 14.3. The lowest BCUT2D eigenvalue weighted by molar-refractivity contribution is -0.184. The van der Waals surface area contributed by atoms with Gasteiger partial charge in [0.1, 0.15) is 34.0 Å². The molecule has 0 aliphatic carbocycles. The van der Waals surface area contributed by atoms with Crippen molar-refractivity contribution >= 4 is 27.0 Å². The standard InChI is InChI=1S/C41H45N3O9S/c1-27-6-13-32(14-7-27)54(48,49)44-21-18-33-35(23-42(5)38(45)37(33)44)34-22-29(41(47)25-50-26-41)8-15-36(34)52-31-11-9-30(10-12-31)51-24-28-16-19-43(20-17-28)39(46)53-40(2,3)4/h6-15,18,21-23,28,47H,16-17,19-20,24-26H2,1-5H3. The molecule has 2 aromatic heterocycles. The van der Waals surface area contributed by atoms with Crippen LogP contribution in [0.2, 0.25) is 0 Å². The van der Waals surface area contributed by atoms with Gasteiger partial charge in [-0.2, -0.15) is 0 Å². The van der Waals surface area contributed by atoms with Gasteiger partial charge in [0.25, 0.3) is 15.6 Å². The Kier molecular flexibility index (Phi) is 9.84. The first-order valence-corrected chi connectivity index (χ1v) is 19.4. The molecule has 2 aliphatic rings. The third-order valence-electron chi connectivity index (χ3n) is 9.86. The first kappa shape index (κ1) is 37.2. The summed E-state index contributed by atoms with van der Waals surface area (Å²) in [6, 6.07) is 20.7. The van der Waals surface area contributed by atoms with Crippen LogP contribution in [0.4, 0.5) is 4.79 Å². The Balaban J connectivity index is 1.14. The van der Waals surface area contributed by atoms with Crippen molar-refractivity contribution in [2.24, 2.45) is 13.0 Å². The molecule has 3 aromatic carbocycles. The van der Waals surface area contributed by atoms with E-state index >= 15 is 0 Å². The molecule has 0 radical (unpaired) electrons. The summed E-state index contributed by atoms with van der Waals surface area (Å²) in [5.74, 6) is 1.93. The summed E-state index contributed by atoms with van der Waals surface area (Å²) in [5.41, 5.74) is 0.397. The van der Waals surface area contributed by atoms with E-state index in [9.17, 15) is 23.1 Å². The van der Waals surface area contributed by atoms with Crippen molar-refractivity contribution in [3.8, 4) is 28.4 Å². The molecule has 1 amide bonds. The van der Waals surface area contributed by atoms with E-state index in [1.54, 1.807) is 66.7 Å². The minimum absolute atomic E-state index is 0.00497. The maximum absolute atomic E-state index is 13.8. The smallest absolute Gasteiger partial charge is 0.410 e. The predicted molar refractivity (Wildman–Crippen MR) is 204 cm³/mol. The number of carbonyl (C=O) groups excluding carboxylic acids is 1. The number of carbonyl (C=O) groups is 1. The Morgan fingerprint density at radius 1 is 0.944 bits per heavy atom. The molecule has 54 heavy (non-hydrogen) atoms. The van der Waals surface area contributed by atoms with Crippen LogP contribution in [0.3, 0.4) is 0 Å². The second-order valence-electron chi connectivity index (χ2n) is 15.2. The number of aliphatic hydroxyl groups is 1. The van der Waals surface area contributed by atoms with E-state index < -0.39 is 26.8 Å². The van der Waals surface area contributed by atoms with Gasteiger partial charge in [-0.25, -0.2) is 17.2 Å². The number of piperidine rings is 1. The fourth-order valence-corrected chi connectivity index (χ4v) is 8.05. The summed E-state index contributed by atoms with van der Waals surface area (Å²) in [5, 5.41) is 11.6. The van der Waals surface area contributed by atoms with E-state index in [2.05, 4.69) is 0 Å². The number of aryl methyl sites for hydroxylation is 2. The average molecular weight is 756 g/mol. The number of hydrogen-bond acceptors (Lipinski definition) is 9. The van der Waals surface area contributed by atoms with Crippen LogP contribution < -0.4 is 15.0 Å². The Labute approximate surface area is 314 Å². The highest BCUT2D eigenvalue weighted by atomic mass is 32.2. The normalized spacial score (nSPS) is 16.2. The number of ether oxygens (including phenoxy) is 4. The fourth-order valence-electron chi connectivity index (χ4n) is 6.70. The highest BCUT2D eigenvalue weighted by Crippen LogP contribution is 2.41. The van der Waals surface area contributed by atoms with Crippen LogP contribution in [0.25, 0.3) is 22.0 Å². The quantitative estimate of drug-likeness (QED) is 0.177. The minimum Gasteiger partial charge on any atom is -0.493 e. The average Bonchev–Trinajstić information content (AvgIpc) is 3.59. The maximum atomic E-state index is 13.8. The second-order valence-corrected chi connectivity index (χ2v) is 17.0. The van der Waals surface area contributed by atoms with E-state index in [1.807, 2.05) is 39.8 Å². The zero-order valence-corrected chi connectivity index (χ0v) is 31.9. The summed E-state index contributed by atoms with van der Waals surface area (Å²) in [7, 11) is -2.54. The molecule has 0 bridgehead atoms. The third-order valence-corrected chi connectivity index (χ3v) is 11.5. The van der Waals surface area contributed by atoms with Crippen molar-refractivity contribution in [2.75, 3.05) is 32.9 Å². The Hall–Kier alpha value is -5.11. The fraction of sp³-hybridized carbons (Fsp3) is 0.366.